The van der Waals surface area contributed by atoms with Crippen LogP contribution in [0.5, 0.6) is 0 Å². The third-order valence-electron chi connectivity index (χ3n) is 8.58. The van der Waals surface area contributed by atoms with E-state index >= 15 is 0 Å². The van der Waals surface area contributed by atoms with E-state index in [1.807, 2.05) is 13.8 Å². The minimum absolute atomic E-state index is 0.436. The van der Waals surface area contributed by atoms with E-state index in [-0.39, 0.29) is 0 Å². The Bertz CT molecular complexity index is 652. The molecule has 2 N–H and O–H groups in total. The first-order valence-electron chi connectivity index (χ1n) is 12.3. The maximum absolute atomic E-state index is 10.0. The standard InChI is InChI=1S/C27H45NO/c1-19(8-6-16-26(3,4)29)23-13-14-24-22(9-7-17-27(23,24)5)12-10-21-11-15-25(28)20(2)18-21/h10,12,19-20,23-24,28-29H,6-9,11,13-18H2,1-5H3/b21-10-,22-12+,28-25?. The highest BCUT2D eigenvalue weighted by Gasteiger charge is 2.50. The second-order valence-corrected chi connectivity index (χ2v) is 11.5. The van der Waals surface area contributed by atoms with E-state index in [4.69, 9.17) is 5.41 Å². The number of rotatable bonds is 6. The fourth-order valence-corrected chi connectivity index (χ4v) is 6.81. The summed E-state index contributed by atoms with van der Waals surface area (Å²) in [5.41, 5.74) is 4.16. The minimum atomic E-state index is -0.523. The molecule has 2 heteroatoms. The lowest BCUT2D eigenvalue weighted by Crippen LogP contribution is -2.36. The molecule has 3 rings (SSSR count). The molecule has 0 bridgehead atoms. The van der Waals surface area contributed by atoms with E-state index in [0.717, 1.165) is 55.6 Å². The SMILES string of the molecule is CC1C/C(=C\C=C2/CCCC3(C)C2CCC3C(C)CCCC(C)(C)O)CCC1=N. The summed E-state index contributed by atoms with van der Waals surface area (Å²) in [7, 11) is 0. The van der Waals surface area contributed by atoms with Gasteiger partial charge in [-0.15, -0.1) is 0 Å². The molecule has 0 radical (unpaired) electrons. The van der Waals surface area contributed by atoms with Gasteiger partial charge in [0.2, 0.25) is 0 Å². The van der Waals surface area contributed by atoms with Gasteiger partial charge in [-0.25, -0.2) is 0 Å². The van der Waals surface area contributed by atoms with Gasteiger partial charge in [0.25, 0.3) is 0 Å². The molecule has 0 heterocycles. The summed E-state index contributed by atoms with van der Waals surface area (Å²) in [6.45, 7) is 11.1. The van der Waals surface area contributed by atoms with Gasteiger partial charge in [-0.2, -0.15) is 0 Å². The average Bonchev–Trinajstić information content (AvgIpc) is 2.99. The van der Waals surface area contributed by atoms with Crippen LogP contribution in [0, 0.1) is 34.5 Å². The smallest absolute Gasteiger partial charge is 0.0591 e. The lowest BCUT2D eigenvalue weighted by atomic mass is 9.60. The van der Waals surface area contributed by atoms with Crippen molar-refractivity contribution in [1.82, 2.24) is 0 Å². The van der Waals surface area contributed by atoms with E-state index in [1.54, 1.807) is 11.1 Å². The highest BCUT2D eigenvalue weighted by Crippen LogP contribution is 2.59. The summed E-state index contributed by atoms with van der Waals surface area (Å²) in [4.78, 5) is 0. The molecule has 0 aromatic heterocycles. The molecule has 29 heavy (non-hydrogen) atoms. The molecule has 0 amide bonds. The first kappa shape index (κ1) is 22.8. The van der Waals surface area contributed by atoms with Gasteiger partial charge in [0, 0.05) is 5.71 Å². The molecule has 3 aliphatic carbocycles. The summed E-state index contributed by atoms with van der Waals surface area (Å²) < 4.78 is 0. The Balaban J connectivity index is 1.65. The molecular weight excluding hydrogens is 354 g/mol. The second kappa shape index (κ2) is 9.08. The van der Waals surface area contributed by atoms with Crippen molar-refractivity contribution in [2.24, 2.45) is 29.1 Å². The molecule has 0 spiro atoms. The molecule has 5 atom stereocenters. The molecule has 0 aliphatic heterocycles. The summed E-state index contributed by atoms with van der Waals surface area (Å²) in [6, 6.07) is 0. The van der Waals surface area contributed by atoms with Crippen molar-refractivity contribution in [2.45, 2.75) is 111 Å². The Hall–Kier alpha value is -0.890. The molecule has 2 nitrogen and oxygen atoms in total. The number of allylic oxidation sites excluding steroid dienone is 4. The summed E-state index contributed by atoms with van der Waals surface area (Å²) >= 11 is 0. The number of aliphatic hydroxyl groups is 1. The Morgan fingerprint density at radius 2 is 1.97 bits per heavy atom. The monoisotopic (exact) mass is 399 g/mol. The van der Waals surface area contributed by atoms with Gasteiger partial charge in [0.05, 0.1) is 5.60 Å². The Labute approximate surface area is 179 Å². The van der Waals surface area contributed by atoms with Crippen LogP contribution in [0.4, 0.5) is 0 Å². The summed E-state index contributed by atoms with van der Waals surface area (Å²) in [5.74, 6) is 2.80. The van der Waals surface area contributed by atoms with Gasteiger partial charge in [-0.1, -0.05) is 56.9 Å². The van der Waals surface area contributed by atoms with Crippen molar-refractivity contribution in [2.75, 3.05) is 0 Å². The maximum atomic E-state index is 10.0. The van der Waals surface area contributed by atoms with Crippen LogP contribution >= 0.6 is 0 Å². The van der Waals surface area contributed by atoms with Crippen molar-refractivity contribution in [3.8, 4) is 0 Å². The van der Waals surface area contributed by atoms with Crippen LogP contribution in [0.1, 0.15) is 105 Å². The molecule has 3 aliphatic rings. The van der Waals surface area contributed by atoms with Gasteiger partial charge in [-0.05, 0) is 101 Å². The van der Waals surface area contributed by atoms with E-state index < -0.39 is 5.60 Å². The molecular formula is C27H45NO. The van der Waals surface area contributed by atoms with Crippen LogP contribution in [-0.2, 0) is 0 Å². The molecule has 5 unspecified atom stereocenters. The highest BCUT2D eigenvalue weighted by atomic mass is 16.3. The maximum Gasteiger partial charge on any atom is 0.0591 e. The Morgan fingerprint density at radius 1 is 1.21 bits per heavy atom. The molecule has 0 saturated heterocycles. The van der Waals surface area contributed by atoms with E-state index in [2.05, 4.69) is 32.9 Å². The fraction of sp³-hybridized carbons (Fsp3) is 0.815. The zero-order valence-electron chi connectivity index (χ0n) is 19.7. The average molecular weight is 400 g/mol. The molecule has 3 fully saturated rings. The van der Waals surface area contributed by atoms with Gasteiger partial charge < -0.3 is 10.5 Å². The largest absolute Gasteiger partial charge is 0.390 e. The molecule has 0 aromatic rings. The van der Waals surface area contributed by atoms with Crippen molar-refractivity contribution >= 4 is 5.71 Å². The lowest BCUT2D eigenvalue weighted by Gasteiger charge is -2.44. The van der Waals surface area contributed by atoms with Gasteiger partial charge in [0.15, 0.2) is 0 Å². The van der Waals surface area contributed by atoms with Crippen LogP contribution < -0.4 is 0 Å². The molecule has 3 saturated carbocycles. The lowest BCUT2D eigenvalue weighted by molar-refractivity contribution is 0.0597. The number of fused-ring (bicyclic) bond motifs is 1. The van der Waals surface area contributed by atoms with Crippen LogP contribution in [-0.4, -0.2) is 16.4 Å². The Morgan fingerprint density at radius 3 is 2.66 bits per heavy atom. The van der Waals surface area contributed by atoms with Crippen molar-refractivity contribution in [3.05, 3.63) is 23.3 Å². The van der Waals surface area contributed by atoms with E-state index in [9.17, 15) is 5.11 Å². The highest BCUT2D eigenvalue weighted by molar-refractivity contribution is 5.85. The van der Waals surface area contributed by atoms with E-state index in [0.29, 0.717) is 11.3 Å². The fourth-order valence-electron chi connectivity index (χ4n) is 6.81. The number of hydrogen-bond acceptors (Lipinski definition) is 2. The molecule has 0 aromatic carbocycles. The van der Waals surface area contributed by atoms with Gasteiger partial charge in [-0.3, -0.25) is 0 Å². The minimum Gasteiger partial charge on any atom is -0.390 e. The van der Waals surface area contributed by atoms with Crippen molar-refractivity contribution < 1.29 is 5.11 Å². The number of hydrogen-bond donors (Lipinski definition) is 2. The first-order chi connectivity index (χ1) is 13.6. The quantitative estimate of drug-likeness (QED) is 0.478. The predicted octanol–water partition coefficient (Wildman–Crippen LogP) is 7.47. The predicted molar refractivity (Wildman–Crippen MR) is 124 cm³/mol. The third-order valence-corrected chi connectivity index (χ3v) is 8.58. The van der Waals surface area contributed by atoms with Crippen LogP contribution in [0.15, 0.2) is 23.3 Å². The normalized spacial score (nSPS) is 37.2. The molecule has 164 valence electrons. The van der Waals surface area contributed by atoms with Crippen LogP contribution in [0.25, 0.3) is 0 Å². The van der Waals surface area contributed by atoms with Crippen LogP contribution in [0.2, 0.25) is 0 Å². The second-order valence-electron chi connectivity index (χ2n) is 11.5. The summed E-state index contributed by atoms with van der Waals surface area (Å²) in [5, 5.41) is 18.1. The van der Waals surface area contributed by atoms with E-state index in [1.165, 1.54) is 38.5 Å². The van der Waals surface area contributed by atoms with Crippen LogP contribution in [0.3, 0.4) is 0 Å². The third kappa shape index (κ3) is 5.43. The van der Waals surface area contributed by atoms with Crippen molar-refractivity contribution in [3.63, 3.8) is 0 Å². The first-order valence-corrected chi connectivity index (χ1v) is 12.3. The Kier molecular flexibility index (Phi) is 7.14. The van der Waals surface area contributed by atoms with Gasteiger partial charge >= 0.3 is 0 Å². The zero-order valence-corrected chi connectivity index (χ0v) is 19.7. The number of nitrogens with one attached hydrogen (secondary N) is 1. The van der Waals surface area contributed by atoms with Gasteiger partial charge in [0.1, 0.15) is 0 Å². The van der Waals surface area contributed by atoms with Crippen molar-refractivity contribution in [1.29, 1.82) is 5.41 Å². The summed E-state index contributed by atoms with van der Waals surface area (Å²) in [6.07, 6.45) is 18.2. The topological polar surface area (TPSA) is 44.1 Å². The zero-order chi connectivity index (χ0) is 21.2.